The quantitative estimate of drug-likeness (QED) is 0.899. The van der Waals surface area contributed by atoms with Crippen LogP contribution in [0.3, 0.4) is 0 Å². The fraction of sp³-hybridized carbons (Fsp3) is 0.625. The molecule has 0 amide bonds. The van der Waals surface area contributed by atoms with Crippen LogP contribution < -0.4 is 9.46 Å². The number of rotatable bonds is 5. The number of sulfonamides is 1. The summed E-state index contributed by atoms with van der Waals surface area (Å²) in [4.78, 5) is 2.79. The molecular formula is C16H24N2O3S. The van der Waals surface area contributed by atoms with Gasteiger partial charge in [0.05, 0.1) is 12.0 Å². The molecule has 2 saturated heterocycles. The minimum Gasteiger partial charge on any atom is -0.497 e. The van der Waals surface area contributed by atoms with Crippen LogP contribution in [-0.4, -0.2) is 45.6 Å². The highest BCUT2D eigenvalue weighted by Gasteiger charge is 2.44. The van der Waals surface area contributed by atoms with Crippen molar-refractivity contribution in [1.82, 2.24) is 9.62 Å². The van der Waals surface area contributed by atoms with E-state index < -0.39 is 10.0 Å². The fourth-order valence-electron chi connectivity index (χ4n) is 3.87. The average molecular weight is 324 g/mol. The molecule has 1 N–H and O–H groups in total. The van der Waals surface area contributed by atoms with Gasteiger partial charge in [-0.3, -0.25) is 4.90 Å². The highest BCUT2D eigenvalue weighted by Crippen LogP contribution is 2.38. The molecule has 2 aliphatic rings. The maximum Gasteiger partial charge on any atom is 0.240 e. The van der Waals surface area contributed by atoms with E-state index in [2.05, 4.69) is 9.62 Å². The van der Waals surface area contributed by atoms with Crippen LogP contribution in [0.5, 0.6) is 5.75 Å². The number of hydrogen-bond acceptors (Lipinski definition) is 4. The Morgan fingerprint density at radius 3 is 2.55 bits per heavy atom. The molecule has 5 nitrogen and oxygen atoms in total. The second-order valence-corrected chi connectivity index (χ2v) is 8.11. The van der Waals surface area contributed by atoms with Gasteiger partial charge in [0.1, 0.15) is 5.75 Å². The second kappa shape index (κ2) is 5.83. The summed E-state index contributed by atoms with van der Waals surface area (Å²) in [6.45, 7) is 4.51. The zero-order chi connectivity index (χ0) is 15.8. The van der Waals surface area contributed by atoms with Gasteiger partial charge in [0.25, 0.3) is 0 Å². The molecule has 22 heavy (non-hydrogen) atoms. The van der Waals surface area contributed by atoms with E-state index in [4.69, 9.17) is 4.74 Å². The van der Waals surface area contributed by atoms with E-state index in [-0.39, 0.29) is 5.54 Å². The van der Waals surface area contributed by atoms with Gasteiger partial charge in [-0.15, -0.1) is 0 Å². The summed E-state index contributed by atoms with van der Waals surface area (Å²) in [5, 5.41) is 0. The Labute approximate surface area is 132 Å². The lowest BCUT2D eigenvalue weighted by Crippen LogP contribution is -2.48. The second-order valence-electron chi connectivity index (χ2n) is 6.37. The maximum absolute atomic E-state index is 12.6. The third-order valence-corrected chi connectivity index (χ3v) is 6.64. The summed E-state index contributed by atoms with van der Waals surface area (Å²) in [5.74, 6) is 0.674. The molecule has 0 spiro atoms. The van der Waals surface area contributed by atoms with E-state index >= 15 is 0 Å². The van der Waals surface area contributed by atoms with Crippen molar-refractivity contribution in [1.29, 1.82) is 0 Å². The van der Waals surface area contributed by atoms with Crippen molar-refractivity contribution in [3.63, 3.8) is 0 Å². The van der Waals surface area contributed by atoms with Gasteiger partial charge < -0.3 is 4.74 Å². The first kappa shape index (κ1) is 15.8. The zero-order valence-electron chi connectivity index (χ0n) is 13.3. The first-order chi connectivity index (χ1) is 10.5. The molecule has 2 fully saturated rings. The molecule has 0 saturated carbocycles. The molecule has 0 unspecified atom stereocenters. The van der Waals surface area contributed by atoms with Crippen LogP contribution in [0.1, 0.15) is 31.2 Å². The fourth-order valence-corrected chi connectivity index (χ4v) is 5.22. The van der Waals surface area contributed by atoms with Crippen molar-refractivity contribution >= 4 is 10.0 Å². The van der Waals surface area contributed by atoms with Crippen molar-refractivity contribution in [2.24, 2.45) is 0 Å². The molecule has 6 heteroatoms. The van der Waals surface area contributed by atoms with Gasteiger partial charge in [-0.25, -0.2) is 13.1 Å². The summed E-state index contributed by atoms with van der Waals surface area (Å²) >= 11 is 0. The number of methoxy groups -OCH3 is 1. The Morgan fingerprint density at radius 2 is 1.95 bits per heavy atom. The van der Waals surface area contributed by atoms with Gasteiger partial charge in [-0.1, -0.05) is 0 Å². The number of aryl methyl sites for hydroxylation is 1. The van der Waals surface area contributed by atoms with Crippen molar-refractivity contribution in [2.45, 2.75) is 43.0 Å². The summed E-state index contributed by atoms with van der Waals surface area (Å²) in [7, 11) is -1.90. The van der Waals surface area contributed by atoms with Crippen molar-refractivity contribution in [3.05, 3.63) is 23.8 Å². The molecule has 122 valence electrons. The van der Waals surface area contributed by atoms with Crippen molar-refractivity contribution in [3.8, 4) is 5.75 Å². The topological polar surface area (TPSA) is 58.6 Å². The Morgan fingerprint density at radius 1 is 1.27 bits per heavy atom. The lowest BCUT2D eigenvalue weighted by atomic mass is 9.95. The van der Waals surface area contributed by atoms with Gasteiger partial charge >= 0.3 is 0 Å². The lowest BCUT2D eigenvalue weighted by Gasteiger charge is -2.32. The van der Waals surface area contributed by atoms with Crippen LogP contribution in [-0.2, 0) is 10.0 Å². The molecule has 0 aliphatic carbocycles. The predicted molar refractivity (Wildman–Crippen MR) is 85.7 cm³/mol. The highest BCUT2D eigenvalue weighted by atomic mass is 32.2. The summed E-state index contributed by atoms with van der Waals surface area (Å²) in [6.07, 6.45) is 4.53. The highest BCUT2D eigenvalue weighted by molar-refractivity contribution is 7.89. The largest absolute Gasteiger partial charge is 0.497 e. The van der Waals surface area contributed by atoms with Gasteiger partial charge in [0.15, 0.2) is 0 Å². The van der Waals surface area contributed by atoms with Crippen LogP contribution in [0.25, 0.3) is 0 Å². The number of benzene rings is 1. The Balaban J connectivity index is 1.77. The van der Waals surface area contributed by atoms with Crippen LogP contribution in [0.4, 0.5) is 0 Å². The Kier molecular flexibility index (Phi) is 4.18. The summed E-state index contributed by atoms with van der Waals surface area (Å²) in [6, 6.07) is 5.07. The number of fused-ring (bicyclic) bond motifs is 1. The first-order valence-corrected chi connectivity index (χ1v) is 9.35. The van der Waals surface area contributed by atoms with Gasteiger partial charge in [-0.2, -0.15) is 0 Å². The molecule has 2 aliphatic heterocycles. The normalized spacial score (nSPS) is 21.0. The number of ether oxygens (including phenoxy) is 1. The van der Waals surface area contributed by atoms with Crippen LogP contribution >= 0.6 is 0 Å². The number of hydrogen-bond donors (Lipinski definition) is 1. The first-order valence-electron chi connectivity index (χ1n) is 7.86. The molecule has 0 aromatic heterocycles. The molecular weight excluding hydrogens is 300 g/mol. The number of nitrogens with one attached hydrogen (secondary N) is 1. The predicted octanol–water partition coefficient (Wildman–Crippen LogP) is 1.91. The van der Waals surface area contributed by atoms with Crippen molar-refractivity contribution < 1.29 is 13.2 Å². The molecule has 2 heterocycles. The molecule has 3 rings (SSSR count). The average Bonchev–Trinajstić information content (AvgIpc) is 3.04. The van der Waals surface area contributed by atoms with E-state index in [1.54, 1.807) is 32.2 Å². The Bertz CT molecular complexity index is 647. The standard InChI is InChI=1S/C16H24N2O3S/c1-13-11-14(21-2)5-6-15(13)22(19,20)17-12-16-7-3-9-18(16)10-4-8-16/h5-6,11,17H,3-4,7-10,12H2,1-2H3. The zero-order valence-corrected chi connectivity index (χ0v) is 14.1. The smallest absolute Gasteiger partial charge is 0.240 e. The van der Waals surface area contributed by atoms with Gasteiger partial charge in [0.2, 0.25) is 10.0 Å². The van der Waals surface area contributed by atoms with E-state index in [0.717, 1.165) is 25.9 Å². The van der Waals surface area contributed by atoms with Crippen LogP contribution in [0.15, 0.2) is 23.1 Å². The molecule has 0 atom stereocenters. The van der Waals surface area contributed by atoms with Crippen molar-refractivity contribution in [2.75, 3.05) is 26.7 Å². The minimum absolute atomic E-state index is 0.0491. The number of nitrogens with zero attached hydrogens (tertiary/aromatic N) is 1. The van der Waals surface area contributed by atoms with E-state index in [1.165, 1.54) is 12.8 Å². The van der Waals surface area contributed by atoms with Crippen LogP contribution in [0.2, 0.25) is 0 Å². The summed E-state index contributed by atoms with van der Waals surface area (Å²) < 4.78 is 33.2. The van der Waals surface area contributed by atoms with E-state index in [1.807, 2.05) is 0 Å². The molecule has 0 radical (unpaired) electrons. The minimum atomic E-state index is -3.48. The molecule has 1 aromatic carbocycles. The third kappa shape index (κ3) is 2.75. The summed E-state index contributed by atoms with van der Waals surface area (Å²) in [5.41, 5.74) is 0.757. The SMILES string of the molecule is COc1ccc(S(=O)(=O)NCC23CCCN2CCC3)c(C)c1. The van der Waals surface area contributed by atoms with E-state index in [9.17, 15) is 8.42 Å². The van der Waals surface area contributed by atoms with E-state index in [0.29, 0.717) is 22.8 Å². The maximum atomic E-state index is 12.6. The molecule has 0 bridgehead atoms. The monoisotopic (exact) mass is 324 g/mol. The third-order valence-electron chi connectivity index (χ3n) is 5.07. The van der Waals surface area contributed by atoms with Gasteiger partial charge in [0, 0.05) is 12.1 Å². The molecule has 1 aromatic rings. The van der Waals surface area contributed by atoms with Crippen LogP contribution in [0, 0.1) is 6.92 Å². The van der Waals surface area contributed by atoms with Gasteiger partial charge in [-0.05, 0) is 69.5 Å². The Hall–Kier alpha value is -1.11. The lowest BCUT2D eigenvalue weighted by molar-refractivity contribution is 0.198.